The van der Waals surface area contributed by atoms with E-state index in [2.05, 4.69) is 56.4 Å². The first kappa shape index (κ1) is 22.0. The van der Waals surface area contributed by atoms with Crippen molar-refractivity contribution in [2.24, 2.45) is 0 Å². The van der Waals surface area contributed by atoms with Gasteiger partial charge in [0.1, 0.15) is 11.3 Å². The van der Waals surface area contributed by atoms with Crippen LogP contribution in [0, 0.1) is 20.8 Å². The number of aromatic nitrogens is 6. The predicted molar refractivity (Wildman–Crippen MR) is 123 cm³/mol. The molecule has 0 aliphatic rings. The number of nitrogens with zero attached hydrogens (tertiary/aromatic N) is 5. The number of nitrogens with one attached hydrogen (secondary N) is 1. The minimum absolute atomic E-state index is 0.565. The van der Waals surface area contributed by atoms with Gasteiger partial charge < -0.3 is 9.51 Å². The van der Waals surface area contributed by atoms with E-state index in [1.807, 2.05) is 62.8 Å². The van der Waals surface area contributed by atoms with E-state index in [1.54, 1.807) is 0 Å². The Labute approximate surface area is 182 Å². The van der Waals surface area contributed by atoms with Crippen LogP contribution in [0.2, 0.25) is 0 Å². The third-order valence-corrected chi connectivity index (χ3v) is 4.51. The molecule has 160 valence electrons. The molecule has 0 unspecified atom stereocenters. The largest absolute Gasteiger partial charge is 0.340 e. The van der Waals surface area contributed by atoms with Crippen molar-refractivity contribution in [3.05, 3.63) is 83.6 Å². The number of benzene rings is 2. The Bertz CT molecular complexity index is 1190. The van der Waals surface area contributed by atoms with Gasteiger partial charge in [-0.25, -0.2) is 9.67 Å². The monoisotopic (exact) mass is 416 g/mol. The van der Waals surface area contributed by atoms with Crippen LogP contribution < -0.4 is 0 Å². The molecule has 0 atom stereocenters. The van der Waals surface area contributed by atoms with Crippen LogP contribution in [0.25, 0.3) is 22.6 Å². The number of H-pyrrole nitrogens is 1. The summed E-state index contributed by atoms with van der Waals surface area (Å²) in [5, 5.41) is 7.87. The number of aryl methyl sites for hydroxylation is 3. The number of hydrogen-bond donors (Lipinski definition) is 1. The zero-order valence-corrected chi connectivity index (χ0v) is 18.6. The zero-order valence-electron chi connectivity index (χ0n) is 18.6. The SMILES string of the molecule is CC.Cc1ccc(-c2ncno2)cc1.Cc1ccc(Cn2ncc3[nH]c(C)nc32)cc1. The lowest BCUT2D eigenvalue weighted by molar-refractivity contribution is 0.430. The standard InChI is InChI=1S/C13H14N4.C9H8N2O.C2H6/c1-9-3-5-11(6-4-9)8-17-13-12(7-14-17)15-10(2)16-13;1-7-2-4-8(5-3-7)9-10-6-11-12-9;1-2/h3-7H,8H2,1-2H3,(H,15,16);2-6H,1H3;1-2H3. The third-order valence-electron chi connectivity index (χ3n) is 4.51. The Morgan fingerprint density at radius 3 is 2.16 bits per heavy atom. The molecule has 0 amide bonds. The highest BCUT2D eigenvalue weighted by atomic mass is 16.5. The van der Waals surface area contributed by atoms with Gasteiger partial charge in [-0.15, -0.1) is 0 Å². The molecule has 31 heavy (non-hydrogen) atoms. The van der Waals surface area contributed by atoms with E-state index in [4.69, 9.17) is 4.52 Å². The molecule has 3 aromatic heterocycles. The molecule has 0 radical (unpaired) electrons. The van der Waals surface area contributed by atoms with Crippen molar-refractivity contribution in [2.75, 3.05) is 0 Å². The highest BCUT2D eigenvalue weighted by Gasteiger charge is 2.07. The van der Waals surface area contributed by atoms with E-state index in [0.29, 0.717) is 5.89 Å². The van der Waals surface area contributed by atoms with Crippen LogP contribution in [-0.4, -0.2) is 29.9 Å². The highest BCUT2D eigenvalue weighted by Crippen LogP contribution is 2.15. The van der Waals surface area contributed by atoms with Gasteiger partial charge in [0.05, 0.1) is 12.7 Å². The van der Waals surface area contributed by atoms with Crippen molar-refractivity contribution in [2.45, 2.75) is 41.2 Å². The van der Waals surface area contributed by atoms with Gasteiger partial charge in [-0.05, 0) is 38.5 Å². The van der Waals surface area contributed by atoms with Crippen molar-refractivity contribution in [3.8, 4) is 11.5 Å². The number of imidazole rings is 1. The molecule has 5 rings (SSSR count). The topological polar surface area (TPSA) is 85.4 Å². The maximum absolute atomic E-state index is 4.90. The zero-order chi connectivity index (χ0) is 22.2. The fourth-order valence-corrected chi connectivity index (χ4v) is 2.95. The van der Waals surface area contributed by atoms with Gasteiger partial charge in [-0.2, -0.15) is 10.1 Å². The third kappa shape index (κ3) is 5.66. The van der Waals surface area contributed by atoms with E-state index in [-0.39, 0.29) is 0 Å². The summed E-state index contributed by atoms with van der Waals surface area (Å²) in [5.41, 5.74) is 6.60. The second-order valence-electron chi connectivity index (χ2n) is 6.96. The van der Waals surface area contributed by atoms with Gasteiger partial charge in [-0.3, -0.25) is 0 Å². The molecule has 0 saturated carbocycles. The number of fused-ring (bicyclic) bond motifs is 1. The minimum Gasteiger partial charge on any atom is -0.340 e. The molecule has 7 nitrogen and oxygen atoms in total. The van der Waals surface area contributed by atoms with Crippen molar-refractivity contribution < 1.29 is 4.52 Å². The van der Waals surface area contributed by atoms with E-state index in [0.717, 1.165) is 29.1 Å². The van der Waals surface area contributed by atoms with Crippen molar-refractivity contribution in [1.82, 2.24) is 29.9 Å². The molecule has 7 heteroatoms. The van der Waals surface area contributed by atoms with Crippen molar-refractivity contribution >= 4 is 11.2 Å². The molecule has 0 aliphatic heterocycles. The van der Waals surface area contributed by atoms with Crippen LogP contribution in [0.1, 0.15) is 36.4 Å². The van der Waals surface area contributed by atoms with Crippen LogP contribution in [0.4, 0.5) is 0 Å². The van der Waals surface area contributed by atoms with Crippen LogP contribution in [0.15, 0.2) is 65.6 Å². The normalized spacial score (nSPS) is 10.2. The first-order chi connectivity index (χ1) is 15.1. The summed E-state index contributed by atoms with van der Waals surface area (Å²) in [6.45, 7) is 10.8. The summed E-state index contributed by atoms with van der Waals surface area (Å²) in [7, 11) is 0. The summed E-state index contributed by atoms with van der Waals surface area (Å²) in [6.07, 6.45) is 3.22. The van der Waals surface area contributed by atoms with Crippen molar-refractivity contribution in [1.29, 1.82) is 0 Å². The second-order valence-corrected chi connectivity index (χ2v) is 6.96. The fourth-order valence-electron chi connectivity index (χ4n) is 2.95. The average Bonchev–Trinajstić information content (AvgIpc) is 3.52. The molecule has 0 fully saturated rings. The number of rotatable bonds is 3. The number of hydrogen-bond acceptors (Lipinski definition) is 5. The summed E-state index contributed by atoms with van der Waals surface area (Å²) >= 11 is 0. The van der Waals surface area contributed by atoms with Crippen LogP contribution in [0.5, 0.6) is 0 Å². The van der Waals surface area contributed by atoms with Gasteiger partial charge in [0.15, 0.2) is 12.0 Å². The van der Waals surface area contributed by atoms with E-state index >= 15 is 0 Å². The summed E-state index contributed by atoms with van der Waals surface area (Å²) in [5.74, 6) is 1.49. The second kappa shape index (κ2) is 10.3. The smallest absolute Gasteiger partial charge is 0.257 e. The maximum atomic E-state index is 4.90. The molecule has 0 saturated heterocycles. The lowest BCUT2D eigenvalue weighted by Crippen LogP contribution is -2.01. The van der Waals surface area contributed by atoms with E-state index in [9.17, 15) is 0 Å². The van der Waals surface area contributed by atoms with Gasteiger partial charge in [-0.1, -0.05) is 66.5 Å². The predicted octanol–water partition coefficient (Wildman–Crippen LogP) is 5.50. The number of aromatic amines is 1. The molecule has 1 N–H and O–H groups in total. The van der Waals surface area contributed by atoms with Gasteiger partial charge >= 0.3 is 0 Å². The maximum Gasteiger partial charge on any atom is 0.257 e. The van der Waals surface area contributed by atoms with Crippen molar-refractivity contribution in [3.63, 3.8) is 0 Å². The fraction of sp³-hybridized carbons (Fsp3) is 0.250. The Kier molecular flexibility index (Phi) is 7.32. The summed E-state index contributed by atoms with van der Waals surface area (Å²) < 4.78 is 6.82. The Morgan fingerprint density at radius 1 is 0.903 bits per heavy atom. The molecule has 5 aromatic rings. The average molecular weight is 417 g/mol. The Balaban J connectivity index is 0.000000171. The lowest BCUT2D eigenvalue weighted by atomic mass is 10.1. The Hall–Kier alpha value is -3.74. The summed E-state index contributed by atoms with van der Waals surface area (Å²) in [6, 6.07) is 16.4. The Morgan fingerprint density at radius 2 is 1.55 bits per heavy atom. The molecule has 2 aromatic carbocycles. The molecule has 0 bridgehead atoms. The van der Waals surface area contributed by atoms with E-state index < -0.39 is 0 Å². The van der Waals surface area contributed by atoms with Crippen LogP contribution in [-0.2, 0) is 6.54 Å². The lowest BCUT2D eigenvalue weighted by Gasteiger charge is -2.02. The highest BCUT2D eigenvalue weighted by molar-refractivity contribution is 5.70. The minimum atomic E-state index is 0.565. The molecular weight excluding hydrogens is 388 g/mol. The molecular formula is C24H28N6O. The van der Waals surface area contributed by atoms with Gasteiger partial charge in [0.25, 0.3) is 5.89 Å². The first-order valence-electron chi connectivity index (χ1n) is 10.4. The van der Waals surface area contributed by atoms with Gasteiger partial charge in [0, 0.05) is 5.56 Å². The van der Waals surface area contributed by atoms with E-state index in [1.165, 1.54) is 23.0 Å². The first-order valence-corrected chi connectivity index (χ1v) is 10.4. The quantitative estimate of drug-likeness (QED) is 0.420. The van der Waals surface area contributed by atoms with Gasteiger partial charge in [0.2, 0.25) is 0 Å². The summed E-state index contributed by atoms with van der Waals surface area (Å²) in [4.78, 5) is 11.5. The molecule has 0 spiro atoms. The molecule has 3 heterocycles. The molecule has 0 aliphatic carbocycles. The van der Waals surface area contributed by atoms with Crippen LogP contribution in [0.3, 0.4) is 0 Å². The van der Waals surface area contributed by atoms with Crippen LogP contribution >= 0.6 is 0 Å².